The van der Waals surface area contributed by atoms with Crippen molar-refractivity contribution in [1.29, 1.82) is 0 Å². The first-order chi connectivity index (χ1) is 17.1. The Hall–Kier alpha value is -0.700. The SMILES string of the molecule is CC1CCC(S(=O)(=O)N2CCC(C3CCN4NC(C)C(C(=O)N5CC(C)CC(C)C5)C4C3)CC2)CC1. The van der Waals surface area contributed by atoms with E-state index in [9.17, 15) is 13.2 Å². The van der Waals surface area contributed by atoms with Gasteiger partial charge in [0.25, 0.3) is 0 Å². The van der Waals surface area contributed by atoms with E-state index in [-0.39, 0.29) is 23.3 Å². The summed E-state index contributed by atoms with van der Waals surface area (Å²) in [5.74, 6) is 3.37. The highest BCUT2D eigenvalue weighted by atomic mass is 32.2. The number of carbonyl (C=O) groups is 1. The number of nitrogens with zero attached hydrogens (tertiary/aromatic N) is 3. The molecule has 1 saturated carbocycles. The van der Waals surface area contributed by atoms with E-state index in [0.717, 1.165) is 71.0 Å². The monoisotopic (exact) mass is 522 g/mol. The fraction of sp³-hybridized carbons (Fsp3) is 0.964. The van der Waals surface area contributed by atoms with Crippen molar-refractivity contribution in [3.63, 3.8) is 0 Å². The van der Waals surface area contributed by atoms with Gasteiger partial charge in [-0.05, 0) is 94.3 Å². The lowest BCUT2D eigenvalue weighted by Crippen LogP contribution is -2.52. The number of hydrogen-bond donors (Lipinski definition) is 1. The van der Waals surface area contributed by atoms with Gasteiger partial charge in [0.05, 0.1) is 11.2 Å². The quantitative estimate of drug-likeness (QED) is 0.609. The molecule has 6 unspecified atom stereocenters. The predicted octanol–water partition coefficient (Wildman–Crippen LogP) is 3.71. The molecule has 0 aromatic rings. The Kier molecular flexibility index (Phi) is 8.08. The Morgan fingerprint density at radius 3 is 2.00 bits per heavy atom. The van der Waals surface area contributed by atoms with Gasteiger partial charge in [0, 0.05) is 44.8 Å². The number of carbonyl (C=O) groups excluding carboxylic acids is 1. The second-order valence-corrected chi connectivity index (χ2v) is 15.6. The molecule has 5 fully saturated rings. The Balaban J connectivity index is 1.19. The number of piperidine rings is 3. The topological polar surface area (TPSA) is 73.0 Å². The van der Waals surface area contributed by atoms with E-state index in [1.165, 1.54) is 6.42 Å². The van der Waals surface area contributed by atoms with E-state index < -0.39 is 10.0 Å². The van der Waals surface area contributed by atoms with Gasteiger partial charge in [-0.3, -0.25) is 10.2 Å². The summed E-state index contributed by atoms with van der Waals surface area (Å²) in [7, 11) is -3.16. The summed E-state index contributed by atoms with van der Waals surface area (Å²) in [5.41, 5.74) is 3.64. The summed E-state index contributed by atoms with van der Waals surface area (Å²) >= 11 is 0. The van der Waals surface area contributed by atoms with Crippen LogP contribution in [0.5, 0.6) is 0 Å². The Labute approximate surface area is 219 Å². The van der Waals surface area contributed by atoms with E-state index in [4.69, 9.17) is 0 Å². The van der Waals surface area contributed by atoms with Crippen LogP contribution in [-0.2, 0) is 14.8 Å². The molecule has 5 aliphatic rings. The van der Waals surface area contributed by atoms with Gasteiger partial charge in [0.15, 0.2) is 0 Å². The largest absolute Gasteiger partial charge is 0.342 e. The van der Waals surface area contributed by atoms with Crippen LogP contribution >= 0.6 is 0 Å². The van der Waals surface area contributed by atoms with E-state index >= 15 is 0 Å². The third-order valence-corrected chi connectivity index (χ3v) is 12.8. The molecule has 8 heteroatoms. The molecule has 0 radical (unpaired) electrons. The molecular weight excluding hydrogens is 472 g/mol. The fourth-order valence-electron chi connectivity index (χ4n) is 8.40. The number of nitrogens with one attached hydrogen (secondary N) is 1. The standard InChI is InChI=1S/C28H50N4O3S/c1-19-5-7-25(8-6-19)36(34,35)31-12-9-23(10-13-31)24-11-14-32-26(16-24)27(22(4)29-32)28(33)30-17-20(2)15-21(3)18-30/h19-27,29H,5-18H2,1-4H3. The van der Waals surface area contributed by atoms with Gasteiger partial charge in [-0.2, -0.15) is 0 Å². The van der Waals surface area contributed by atoms with Crippen LogP contribution in [0.1, 0.15) is 85.5 Å². The summed E-state index contributed by atoms with van der Waals surface area (Å²) < 4.78 is 28.4. The highest BCUT2D eigenvalue weighted by Gasteiger charge is 2.49. The van der Waals surface area contributed by atoms with E-state index in [2.05, 4.69) is 43.0 Å². The summed E-state index contributed by atoms with van der Waals surface area (Å²) in [4.78, 5) is 15.9. The lowest BCUT2D eigenvalue weighted by Gasteiger charge is -2.43. The second-order valence-electron chi connectivity index (χ2n) is 13.3. The molecule has 1 amide bonds. The van der Waals surface area contributed by atoms with Gasteiger partial charge in [-0.25, -0.2) is 17.7 Å². The zero-order valence-corrected chi connectivity index (χ0v) is 23.9. The number of hydrazine groups is 1. The molecule has 0 spiro atoms. The van der Waals surface area contributed by atoms with Crippen LogP contribution in [0.4, 0.5) is 0 Å². The molecule has 0 aromatic heterocycles. The molecule has 5 rings (SSSR count). The van der Waals surface area contributed by atoms with Crippen LogP contribution in [0, 0.1) is 35.5 Å². The molecular formula is C28H50N4O3S. The normalized spacial score (nSPS) is 41.8. The molecule has 6 atom stereocenters. The fourth-order valence-corrected chi connectivity index (χ4v) is 10.4. The summed E-state index contributed by atoms with van der Waals surface area (Å²) in [6, 6.07) is 0.448. The molecule has 206 valence electrons. The third-order valence-electron chi connectivity index (χ3n) is 10.4. The van der Waals surface area contributed by atoms with Crippen LogP contribution in [0.2, 0.25) is 0 Å². The Morgan fingerprint density at radius 1 is 0.750 bits per heavy atom. The zero-order valence-electron chi connectivity index (χ0n) is 23.1. The average Bonchev–Trinajstić information content (AvgIpc) is 3.18. The van der Waals surface area contributed by atoms with Gasteiger partial charge in [-0.15, -0.1) is 0 Å². The van der Waals surface area contributed by atoms with Crippen molar-refractivity contribution >= 4 is 15.9 Å². The van der Waals surface area contributed by atoms with Gasteiger partial charge in [0.2, 0.25) is 15.9 Å². The maximum Gasteiger partial charge on any atom is 0.228 e. The van der Waals surface area contributed by atoms with Crippen LogP contribution in [0.3, 0.4) is 0 Å². The van der Waals surface area contributed by atoms with Crippen molar-refractivity contribution in [3.05, 3.63) is 0 Å². The minimum absolute atomic E-state index is 0.0273. The number of rotatable bonds is 4. The van der Waals surface area contributed by atoms with Crippen molar-refractivity contribution in [2.24, 2.45) is 35.5 Å². The molecule has 0 bridgehead atoms. The van der Waals surface area contributed by atoms with Gasteiger partial charge in [0.1, 0.15) is 0 Å². The first-order valence-corrected chi connectivity index (χ1v) is 16.4. The lowest BCUT2D eigenvalue weighted by molar-refractivity contribution is -0.140. The molecule has 4 heterocycles. The van der Waals surface area contributed by atoms with Gasteiger partial charge in [-0.1, -0.05) is 20.8 Å². The maximum atomic E-state index is 13.7. The minimum Gasteiger partial charge on any atom is -0.342 e. The van der Waals surface area contributed by atoms with Crippen LogP contribution < -0.4 is 5.43 Å². The molecule has 0 aromatic carbocycles. The van der Waals surface area contributed by atoms with Crippen molar-refractivity contribution in [1.82, 2.24) is 19.6 Å². The highest BCUT2D eigenvalue weighted by Crippen LogP contribution is 2.41. The molecule has 1 aliphatic carbocycles. The highest BCUT2D eigenvalue weighted by molar-refractivity contribution is 7.89. The summed E-state index contributed by atoms with van der Waals surface area (Å²) in [6.07, 6.45) is 9.12. The maximum absolute atomic E-state index is 13.7. The first-order valence-electron chi connectivity index (χ1n) is 14.9. The van der Waals surface area contributed by atoms with Crippen molar-refractivity contribution in [2.75, 3.05) is 32.7 Å². The molecule has 1 N–H and O–H groups in total. The molecule has 7 nitrogen and oxygen atoms in total. The average molecular weight is 523 g/mol. The van der Waals surface area contributed by atoms with Crippen molar-refractivity contribution < 1.29 is 13.2 Å². The van der Waals surface area contributed by atoms with Crippen molar-refractivity contribution in [2.45, 2.75) is 103 Å². The molecule has 36 heavy (non-hydrogen) atoms. The van der Waals surface area contributed by atoms with Crippen molar-refractivity contribution in [3.8, 4) is 0 Å². The third kappa shape index (κ3) is 5.39. The lowest BCUT2D eigenvalue weighted by atomic mass is 9.74. The Bertz CT molecular complexity index is 871. The molecule has 4 aliphatic heterocycles. The van der Waals surface area contributed by atoms with E-state index in [1.807, 2.05) is 4.31 Å². The zero-order chi connectivity index (χ0) is 25.6. The van der Waals surface area contributed by atoms with Crippen LogP contribution in [0.15, 0.2) is 0 Å². The van der Waals surface area contributed by atoms with Gasteiger partial charge < -0.3 is 4.90 Å². The predicted molar refractivity (Wildman–Crippen MR) is 143 cm³/mol. The molecule has 4 saturated heterocycles. The number of likely N-dealkylation sites (tertiary alicyclic amines) is 1. The summed E-state index contributed by atoms with van der Waals surface area (Å²) in [6.45, 7) is 13.1. The smallest absolute Gasteiger partial charge is 0.228 e. The number of hydrogen-bond acceptors (Lipinski definition) is 5. The summed E-state index contributed by atoms with van der Waals surface area (Å²) in [5, 5.41) is 2.20. The first kappa shape index (κ1) is 26.9. The van der Waals surface area contributed by atoms with E-state index in [0.29, 0.717) is 48.6 Å². The minimum atomic E-state index is -3.16. The Morgan fingerprint density at radius 2 is 1.36 bits per heavy atom. The number of fused-ring (bicyclic) bond motifs is 1. The van der Waals surface area contributed by atoms with Crippen LogP contribution in [-0.4, -0.2) is 78.6 Å². The van der Waals surface area contributed by atoms with Gasteiger partial charge >= 0.3 is 0 Å². The second kappa shape index (κ2) is 10.8. The van der Waals surface area contributed by atoms with E-state index in [1.54, 1.807) is 0 Å². The number of amides is 1. The van der Waals surface area contributed by atoms with Crippen LogP contribution in [0.25, 0.3) is 0 Å². The number of sulfonamides is 1.